The summed E-state index contributed by atoms with van der Waals surface area (Å²) in [6.07, 6.45) is 8.63. The van der Waals surface area contributed by atoms with Crippen molar-refractivity contribution in [2.24, 2.45) is 11.8 Å². The van der Waals surface area contributed by atoms with Crippen LogP contribution in [0.4, 0.5) is 0 Å². The van der Waals surface area contributed by atoms with Crippen LogP contribution >= 0.6 is 15.9 Å². The first kappa shape index (κ1) is 10.6. The normalized spacial score (nSPS) is 31.0. The Hall–Kier alpha value is 0.480. The number of hydrogen-bond donors (Lipinski definition) is 0. The lowest BCUT2D eigenvalue weighted by atomic mass is 9.84. The molecule has 0 aromatic rings. The number of hydrogen-bond acceptors (Lipinski definition) is 0. The van der Waals surface area contributed by atoms with Gasteiger partial charge in [0.2, 0.25) is 0 Å². The summed E-state index contributed by atoms with van der Waals surface area (Å²) in [5, 5.41) is 0. The van der Waals surface area contributed by atoms with E-state index in [9.17, 15) is 0 Å². The second-order valence-electron chi connectivity index (χ2n) is 4.60. The predicted octanol–water partition coefficient (Wildman–Crippen LogP) is 4.38. The number of halogens is 1. The van der Waals surface area contributed by atoms with Crippen LogP contribution in [0.1, 0.15) is 52.4 Å². The summed E-state index contributed by atoms with van der Waals surface area (Å²) >= 11 is 3.74. The SMILES string of the molecule is CC(C)CCC1CCCC(Br)C1. The summed E-state index contributed by atoms with van der Waals surface area (Å²) < 4.78 is 0. The fourth-order valence-electron chi connectivity index (χ4n) is 2.06. The highest BCUT2D eigenvalue weighted by Crippen LogP contribution is 2.32. The molecule has 0 aliphatic heterocycles. The van der Waals surface area contributed by atoms with E-state index >= 15 is 0 Å². The zero-order chi connectivity index (χ0) is 8.97. The van der Waals surface area contributed by atoms with Crippen LogP contribution in [0, 0.1) is 11.8 Å². The molecule has 0 aromatic heterocycles. The van der Waals surface area contributed by atoms with E-state index in [-0.39, 0.29) is 0 Å². The molecule has 0 aromatic carbocycles. The van der Waals surface area contributed by atoms with E-state index in [1.807, 2.05) is 0 Å². The van der Waals surface area contributed by atoms with Crippen LogP contribution < -0.4 is 0 Å². The second kappa shape index (κ2) is 5.26. The van der Waals surface area contributed by atoms with Gasteiger partial charge in [-0.3, -0.25) is 0 Å². The molecule has 0 N–H and O–H groups in total. The smallest absolute Gasteiger partial charge is 0.0148 e. The van der Waals surface area contributed by atoms with Gasteiger partial charge in [0.1, 0.15) is 0 Å². The number of alkyl halides is 1. The molecule has 1 heteroatoms. The zero-order valence-electron chi connectivity index (χ0n) is 8.35. The highest BCUT2D eigenvalue weighted by Gasteiger charge is 2.19. The van der Waals surface area contributed by atoms with Crippen molar-refractivity contribution in [3.63, 3.8) is 0 Å². The molecule has 0 nitrogen and oxygen atoms in total. The Morgan fingerprint density at radius 1 is 1.33 bits per heavy atom. The van der Waals surface area contributed by atoms with Crippen molar-refractivity contribution in [2.75, 3.05) is 0 Å². The number of rotatable bonds is 3. The Balaban J connectivity index is 2.14. The van der Waals surface area contributed by atoms with Gasteiger partial charge in [-0.15, -0.1) is 0 Å². The Labute approximate surface area is 85.3 Å². The first-order valence-corrected chi connectivity index (χ1v) is 6.24. The monoisotopic (exact) mass is 232 g/mol. The lowest BCUT2D eigenvalue weighted by molar-refractivity contribution is 0.325. The molecule has 1 rings (SSSR count). The molecule has 0 saturated heterocycles. The molecule has 72 valence electrons. The van der Waals surface area contributed by atoms with Crippen LogP contribution in [0.5, 0.6) is 0 Å². The molecule has 1 aliphatic rings. The van der Waals surface area contributed by atoms with Gasteiger partial charge < -0.3 is 0 Å². The molecule has 0 amide bonds. The molecular formula is C11H21Br. The first-order chi connectivity index (χ1) is 5.68. The molecule has 0 heterocycles. The fraction of sp³-hybridized carbons (Fsp3) is 1.00. The average Bonchev–Trinajstić information content (AvgIpc) is 2.01. The minimum absolute atomic E-state index is 0.823. The summed E-state index contributed by atoms with van der Waals surface area (Å²) in [6.45, 7) is 4.66. The van der Waals surface area contributed by atoms with Crippen molar-refractivity contribution in [2.45, 2.75) is 57.2 Å². The van der Waals surface area contributed by atoms with Crippen LogP contribution in [-0.2, 0) is 0 Å². The van der Waals surface area contributed by atoms with Crippen molar-refractivity contribution in [1.29, 1.82) is 0 Å². The molecular weight excluding hydrogens is 212 g/mol. The van der Waals surface area contributed by atoms with Gasteiger partial charge in [-0.05, 0) is 24.7 Å². The zero-order valence-corrected chi connectivity index (χ0v) is 9.94. The van der Waals surface area contributed by atoms with E-state index < -0.39 is 0 Å². The quantitative estimate of drug-likeness (QED) is 0.634. The Morgan fingerprint density at radius 3 is 2.67 bits per heavy atom. The maximum Gasteiger partial charge on any atom is 0.0148 e. The largest absolute Gasteiger partial charge is 0.0891 e. The molecule has 1 fully saturated rings. The van der Waals surface area contributed by atoms with E-state index in [0.29, 0.717) is 0 Å². The Kier molecular flexibility index (Phi) is 4.63. The van der Waals surface area contributed by atoms with E-state index in [1.54, 1.807) is 0 Å². The van der Waals surface area contributed by atoms with Gasteiger partial charge in [-0.1, -0.05) is 55.5 Å². The molecule has 12 heavy (non-hydrogen) atoms. The van der Waals surface area contributed by atoms with Gasteiger partial charge in [-0.2, -0.15) is 0 Å². The standard InChI is InChI=1S/C11H21Br/c1-9(2)6-7-10-4-3-5-11(12)8-10/h9-11H,3-8H2,1-2H3. The molecule has 1 aliphatic carbocycles. The minimum atomic E-state index is 0.823. The van der Waals surface area contributed by atoms with Gasteiger partial charge in [0, 0.05) is 4.83 Å². The lowest BCUT2D eigenvalue weighted by Gasteiger charge is -2.26. The van der Waals surface area contributed by atoms with Crippen LogP contribution in [0.25, 0.3) is 0 Å². The highest BCUT2D eigenvalue weighted by atomic mass is 79.9. The third kappa shape index (κ3) is 3.93. The van der Waals surface area contributed by atoms with Crippen molar-refractivity contribution in [1.82, 2.24) is 0 Å². The van der Waals surface area contributed by atoms with Crippen molar-refractivity contribution < 1.29 is 0 Å². The van der Waals surface area contributed by atoms with E-state index in [1.165, 1.54) is 38.5 Å². The summed E-state index contributed by atoms with van der Waals surface area (Å²) in [7, 11) is 0. The van der Waals surface area contributed by atoms with Crippen molar-refractivity contribution in [3.05, 3.63) is 0 Å². The predicted molar refractivity (Wildman–Crippen MR) is 58.7 cm³/mol. The van der Waals surface area contributed by atoms with Crippen LogP contribution in [0.3, 0.4) is 0 Å². The van der Waals surface area contributed by atoms with Crippen LogP contribution in [0.2, 0.25) is 0 Å². The first-order valence-electron chi connectivity index (χ1n) is 5.32. The molecule has 2 atom stereocenters. The molecule has 1 saturated carbocycles. The topological polar surface area (TPSA) is 0 Å². The van der Waals surface area contributed by atoms with E-state index in [0.717, 1.165) is 16.7 Å². The van der Waals surface area contributed by atoms with Gasteiger partial charge in [0.25, 0.3) is 0 Å². The van der Waals surface area contributed by atoms with Gasteiger partial charge in [0.15, 0.2) is 0 Å². The Bertz CT molecular complexity index is 120. The second-order valence-corrected chi connectivity index (χ2v) is 5.90. The van der Waals surface area contributed by atoms with E-state index in [4.69, 9.17) is 0 Å². The average molecular weight is 233 g/mol. The lowest BCUT2D eigenvalue weighted by Crippen LogP contribution is -2.15. The van der Waals surface area contributed by atoms with Gasteiger partial charge in [0.05, 0.1) is 0 Å². The summed E-state index contributed by atoms with van der Waals surface area (Å²) in [4.78, 5) is 0.823. The summed E-state index contributed by atoms with van der Waals surface area (Å²) in [5.41, 5.74) is 0. The van der Waals surface area contributed by atoms with Gasteiger partial charge >= 0.3 is 0 Å². The van der Waals surface area contributed by atoms with Crippen molar-refractivity contribution >= 4 is 15.9 Å². The third-order valence-electron chi connectivity index (χ3n) is 2.87. The minimum Gasteiger partial charge on any atom is -0.0891 e. The summed E-state index contributed by atoms with van der Waals surface area (Å²) in [5.74, 6) is 1.91. The highest BCUT2D eigenvalue weighted by molar-refractivity contribution is 9.09. The van der Waals surface area contributed by atoms with Crippen molar-refractivity contribution in [3.8, 4) is 0 Å². The molecule has 0 bridgehead atoms. The fourth-order valence-corrected chi connectivity index (χ4v) is 2.91. The molecule has 0 spiro atoms. The van der Waals surface area contributed by atoms with E-state index in [2.05, 4.69) is 29.8 Å². The molecule has 0 radical (unpaired) electrons. The van der Waals surface area contributed by atoms with Crippen LogP contribution in [0.15, 0.2) is 0 Å². The molecule has 2 unspecified atom stereocenters. The maximum absolute atomic E-state index is 3.74. The third-order valence-corrected chi connectivity index (χ3v) is 3.70. The van der Waals surface area contributed by atoms with Gasteiger partial charge in [-0.25, -0.2) is 0 Å². The summed E-state index contributed by atoms with van der Waals surface area (Å²) in [6, 6.07) is 0. The maximum atomic E-state index is 3.74. The Morgan fingerprint density at radius 2 is 2.08 bits per heavy atom. The van der Waals surface area contributed by atoms with Crippen LogP contribution in [-0.4, -0.2) is 4.83 Å².